The molecule has 0 spiro atoms. The van der Waals surface area contributed by atoms with Crippen LogP contribution in [0.4, 0.5) is 9.59 Å². The highest BCUT2D eigenvalue weighted by Crippen LogP contribution is 2.66. The van der Waals surface area contributed by atoms with Crippen LogP contribution < -0.4 is 18.9 Å². The fourth-order valence-electron chi connectivity index (χ4n) is 11.9. The summed E-state index contributed by atoms with van der Waals surface area (Å²) < 4.78 is 25.1. The molecule has 14 nitrogen and oxygen atoms in total. The van der Waals surface area contributed by atoms with E-state index in [1.807, 2.05) is 129 Å². The second kappa shape index (κ2) is 13.6. The zero-order valence-electron chi connectivity index (χ0n) is 36.4. The molecule has 0 aliphatic carbocycles. The smallest absolute Gasteiger partial charge is 0.325 e. The summed E-state index contributed by atoms with van der Waals surface area (Å²) in [4.78, 5) is 60.4. The topological polar surface area (TPSA) is 136 Å². The predicted molar refractivity (Wildman–Crippen MR) is 247 cm³/mol. The number of nitrogens with zero attached hydrogens (tertiary/aromatic N) is 8. The molecular weight excluding hydrogens is 833 g/mol. The number of methoxy groups -OCH3 is 4. The quantitative estimate of drug-likeness (QED) is 0.118. The van der Waals surface area contributed by atoms with Gasteiger partial charge >= 0.3 is 12.1 Å². The first-order chi connectivity index (χ1) is 32.4. The van der Waals surface area contributed by atoms with Crippen molar-refractivity contribution in [3.63, 3.8) is 0 Å². The molecule has 0 radical (unpaired) electrons. The number of benzene rings is 6. The van der Waals surface area contributed by atoms with E-state index in [2.05, 4.69) is 0 Å². The number of fused-ring (bicyclic) bond motifs is 8. The number of rotatable bonds is 6. The number of urea groups is 2. The van der Waals surface area contributed by atoms with Gasteiger partial charge in [0.1, 0.15) is 22.5 Å². The van der Waals surface area contributed by atoms with E-state index in [-0.39, 0.29) is 38.2 Å². The SMILES string of the molecule is COc1ccc2ccc(OC)c3c2c1CN1C(=O)N2Cc4c(c(OC)c5nc6c7cccnc7c7ncccc7c6nc5c4OC)CN4C(=O)N(C3)C1(c1ccccc1)C24c1ccccc1. The van der Waals surface area contributed by atoms with E-state index in [4.69, 9.17) is 38.9 Å². The van der Waals surface area contributed by atoms with Crippen LogP contribution in [0.5, 0.6) is 23.0 Å². The van der Waals surface area contributed by atoms with Crippen LogP contribution in [-0.4, -0.2) is 80.0 Å². The van der Waals surface area contributed by atoms with Gasteiger partial charge in [0.2, 0.25) is 0 Å². The second-order valence-electron chi connectivity index (χ2n) is 17.0. The molecule has 2 saturated heterocycles. The van der Waals surface area contributed by atoms with E-state index in [1.54, 1.807) is 40.8 Å². The summed E-state index contributed by atoms with van der Waals surface area (Å²) in [5.74, 6) is 2.10. The first-order valence-electron chi connectivity index (χ1n) is 21.7. The average Bonchev–Trinajstić information content (AvgIpc) is 3.59. The number of carbonyl (C=O) groups is 2. The molecule has 0 atom stereocenters. The number of ether oxygens (including phenoxy) is 4. The van der Waals surface area contributed by atoms with Crippen molar-refractivity contribution in [3.8, 4) is 23.0 Å². The van der Waals surface area contributed by atoms with E-state index >= 15 is 9.59 Å². The normalized spacial score (nSPS) is 19.6. The number of carbonyl (C=O) groups excluding carboxylic acids is 2. The summed E-state index contributed by atoms with van der Waals surface area (Å²) in [6.07, 6.45) is 3.49. The van der Waals surface area contributed by atoms with E-state index < -0.39 is 11.3 Å². The van der Waals surface area contributed by atoms with E-state index in [1.165, 1.54) is 0 Å². The summed E-state index contributed by atoms with van der Waals surface area (Å²) >= 11 is 0. The number of amides is 4. The first-order valence-corrected chi connectivity index (χ1v) is 21.7. The molecule has 66 heavy (non-hydrogen) atoms. The van der Waals surface area contributed by atoms with Crippen molar-refractivity contribution in [1.29, 1.82) is 0 Å². The number of aromatic nitrogens is 4. The molecule has 0 saturated carbocycles. The van der Waals surface area contributed by atoms with Crippen LogP contribution in [0.1, 0.15) is 33.4 Å². The Kier molecular flexibility index (Phi) is 7.89. The Labute approximate surface area is 377 Å². The maximum atomic E-state index is 16.4. The lowest BCUT2D eigenvalue weighted by molar-refractivity contribution is -0.0831. The minimum absolute atomic E-state index is 0.0164. The maximum absolute atomic E-state index is 16.4. The lowest BCUT2D eigenvalue weighted by Crippen LogP contribution is -2.63. The van der Waals surface area contributed by atoms with Crippen molar-refractivity contribution in [2.45, 2.75) is 37.5 Å². The molecular formula is C52H40N8O6. The lowest BCUT2D eigenvalue weighted by Gasteiger charge is -2.50. The Morgan fingerprint density at radius 3 is 1.24 bits per heavy atom. The molecule has 0 N–H and O–H groups in total. The molecule has 3 aromatic heterocycles. The lowest BCUT2D eigenvalue weighted by atomic mass is 9.78. The Hall–Kier alpha value is -8.26. The highest BCUT2D eigenvalue weighted by atomic mass is 16.5. The van der Waals surface area contributed by atoms with Gasteiger partial charge in [-0.3, -0.25) is 29.6 Å². The summed E-state index contributed by atoms with van der Waals surface area (Å²) in [7, 11) is 6.50. The third kappa shape index (κ3) is 4.50. The molecule has 4 amide bonds. The third-order valence-corrected chi connectivity index (χ3v) is 14.3. The molecule has 0 bridgehead atoms. The summed E-state index contributed by atoms with van der Waals surface area (Å²) in [6, 6.07) is 34.9. The molecule has 13 rings (SSSR count). The van der Waals surface area contributed by atoms with Gasteiger partial charge in [-0.15, -0.1) is 0 Å². The van der Waals surface area contributed by atoms with E-state index in [0.29, 0.717) is 67.2 Å². The third-order valence-electron chi connectivity index (χ3n) is 14.3. The van der Waals surface area contributed by atoms with Gasteiger partial charge in [0.15, 0.2) is 22.8 Å². The fraction of sp³-hybridized carbons (Fsp3) is 0.192. The molecule has 2 fully saturated rings. The van der Waals surface area contributed by atoms with Crippen LogP contribution in [0.3, 0.4) is 0 Å². The van der Waals surface area contributed by atoms with Crippen LogP contribution in [0.2, 0.25) is 0 Å². The zero-order chi connectivity index (χ0) is 44.6. The van der Waals surface area contributed by atoms with E-state index in [9.17, 15) is 0 Å². The van der Waals surface area contributed by atoms with Gasteiger partial charge in [-0.25, -0.2) is 19.6 Å². The highest BCUT2D eigenvalue weighted by Gasteiger charge is 2.80. The minimum atomic E-state index is -1.49. The van der Waals surface area contributed by atoms with Crippen molar-refractivity contribution in [1.82, 2.24) is 39.5 Å². The first kappa shape index (κ1) is 38.2. The molecule has 9 aromatic rings. The van der Waals surface area contributed by atoms with Crippen LogP contribution >= 0.6 is 0 Å². The zero-order valence-corrected chi connectivity index (χ0v) is 36.4. The summed E-state index contributed by atoms with van der Waals surface area (Å²) in [5, 5.41) is 3.38. The minimum Gasteiger partial charge on any atom is -0.496 e. The van der Waals surface area contributed by atoms with Crippen LogP contribution in [0.15, 0.2) is 122 Å². The highest BCUT2D eigenvalue weighted by molar-refractivity contribution is 6.21. The fourth-order valence-corrected chi connectivity index (χ4v) is 11.9. The number of pyridine rings is 2. The van der Waals surface area contributed by atoms with Crippen molar-refractivity contribution < 1.29 is 28.5 Å². The van der Waals surface area contributed by atoms with E-state index in [0.717, 1.165) is 43.8 Å². The van der Waals surface area contributed by atoms with Crippen LogP contribution in [-0.2, 0) is 37.5 Å². The average molecular weight is 873 g/mol. The van der Waals surface area contributed by atoms with Gasteiger partial charge in [-0.2, -0.15) is 0 Å². The van der Waals surface area contributed by atoms with Gasteiger partial charge in [-0.05, 0) is 47.2 Å². The predicted octanol–water partition coefficient (Wildman–Crippen LogP) is 8.98. The Bertz CT molecular complexity index is 3410. The summed E-state index contributed by atoms with van der Waals surface area (Å²) in [6.45, 7) is 0.234. The van der Waals surface area contributed by atoms with Crippen molar-refractivity contribution >= 4 is 66.7 Å². The van der Waals surface area contributed by atoms with Crippen LogP contribution in [0.25, 0.3) is 54.6 Å². The molecule has 7 heterocycles. The van der Waals surface area contributed by atoms with Gasteiger partial charge in [-0.1, -0.05) is 72.8 Å². The standard InChI is InChI=1S/C52H40N8O6/c1-63-38-21-19-29-20-22-39(64-2)37-28-60-50(62)58-26-35-34(47(65-3)45-46(48(35)66-4)56-44-33-18-12-24-54-42(33)41-32(43(44)55-45)17-11-23-53-41)25-57-49(61)59(27-36(38)40(29)37)52(60,31-15-9-6-10-16-31)51(57,58)30-13-7-5-8-14-30/h5-24H,25-28H2,1-4H3. The van der Waals surface area contributed by atoms with Crippen molar-refractivity contribution in [3.05, 3.63) is 155 Å². The van der Waals surface area contributed by atoms with Crippen LogP contribution in [0, 0.1) is 0 Å². The number of hydrogen-bond donors (Lipinski definition) is 0. The number of hydrogen-bond acceptors (Lipinski definition) is 10. The molecule has 14 heteroatoms. The van der Waals surface area contributed by atoms with Gasteiger partial charge in [0, 0.05) is 56.5 Å². The van der Waals surface area contributed by atoms with Gasteiger partial charge in [0.25, 0.3) is 0 Å². The monoisotopic (exact) mass is 872 g/mol. The largest absolute Gasteiger partial charge is 0.496 e. The maximum Gasteiger partial charge on any atom is 0.325 e. The Morgan fingerprint density at radius 1 is 0.439 bits per heavy atom. The van der Waals surface area contributed by atoms with Crippen molar-refractivity contribution in [2.75, 3.05) is 28.4 Å². The molecule has 4 aliphatic heterocycles. The molecule has 4 aliphatic rings. The second-order valence-corrected chi connectivity index (χ2v) is 17.0. The molecule has 6 aromatic carbocycles. The van der Waals surface area contributed by atoms with Crippen molar-refractivity contribution in [2.24, 2.45) is 0 Å². The molecule has 0 unspecified atom stereocenters. The van der Waals surface area contributed by atoms with Gasteiger partial charge in [0.05, 0.1) is 76.7 Å². The molecule has 324 valence electrons. The Morgan fingerprint density at radius 2 is 0.848 bits per heavy atom. The van der Waals surface area contributed by atoms with Gasteiger partial charge < -0.3 is 18.9 Å². The summed E-state index contributed by atoms with van der Waals surface area (Å²) in [5.41, 5.74) is 5.04. The Balaban J connectivity index is 1.16.